The van der Waals surface area contributed by atoms with Gasteiger partial charge in [-0.25, -0.2) is 0 Å². The molecule has 130 valence electrons. The highest BCUT2D eigenvalue weighted by atomic mass is 19.4. The highest BCUT2D eigenvalue weighted by Crippen LogP contribution is 2.42. The first-order chi connectivity index (χ1) is 11.8. The molecule has 2 aromatic carbocycles. The molecule has 0 unspecified atom stereocenters. The van der Waals surface area contributed by atoms with E-state index in [2.05, 4.69) is 0 Å². The van der Waals surface area contributed by atoms with E-state index in [1.807, 2.05) is 0 Å². The van der Waals surface area contributed by atoms with Crippen molar-refractivity contribution in [2.24, 2.45) is 12.8 Å². The smallest absolute Gasteiger partial charge is 0.346 e. The first-order valence-electron chi connectivity index (χ1n) is 7.38. The van der Waals surface area contributed by atoms with Gasteiger partial charge in [0.15, 0.2) is 0 Å². The fourth-order valence-corrected chi connectivity index (χ4v) is 3.09. The standard InChI is InChI=1S/C17H14F3N3O2/c1-22-14-7-6-10(23(24)25)8-12(14)16(15(22)9-21)11-4-2-3-5-13(11)17(18,19)20/h2-8H,9,21H2,1H3. The summed E-state index contributed by atoms with van der Waals surface area (Å²) in [6, 6.07) is 9.29. The van der Waals surface area contributed by atoms with Crippen LogP contribution in [0.1, 0.15) is 11.3 Å². The lowest BCUT2D eigenvalue weighted by Crippen LogP contribution is -2.09. The van der Waals surface area contributed by atoms with Crippen LogP contribution in [0.25, 0.3) is 22.0 Å². The quantitative estimate of drug-likeness (QED) is 0.568. The van der Waals surface area contributed by atoms with Crippen LogP contribution >= 0.6 is 0 Å². The Morgan fingerprint density at radius 3 is 2.48 bits per heavy atom. The molecule has 3 rings (SSSR count). The number of nitrogens with zero attached hydrogens (tertiary/aromatic N) is 2. The summed E-state index contributed by atoms with van der Waals surface area (Å²) in [6.07, 6.45) is -4.55. The average molecular weight is 349 g/mol. The molecule has 3 aromatic rings. The van der Waals surface area contributed by atoms with E-state index in [1.165, 1.54) is 36.4 Å². The zero-order valence-corrected chi connectivity index (χ0v) is 13.2. The van der Waals surface area contributed by atoms with Crippen LogP contribution in [-0.2, 0) is 19.8 Å². The highest BCUT2D eigenvalue weighted by Gasteiger charge is 2.34. The van der Waals surface area contributed by atoms with Crippen LogP contribution in [0, 0.1) is 10.1 Å². The molecule has 8 heteroatoms. The third-order valence-electron chi connectivity index (χ3n) is 4.21. The molecule has 0 aliphatic heterocycles. The van der Waals surface area contributed by atoms with Crippen LogP contribution in [0.4, 0.5) is 18.9 Å². The molecule has 0 atom stereocenters. The second-order valence-corrected chi connectivity index (χ2v) is 5.59. The Balaban J connectivity index is 2.44. The number of fused-ring (bicyclic) bond motifs is 1. The van der Waals surface area contributed by atoms with Gasteiger partial charge in [-0.2, -0.15) is 13.2 Å². The van der Waals surface area contributed by atoms with Crippen LogP contribution in [0.3, 0.4) is 0 Å². The van der Waals surface area contributed by atoms with Crippen molar-refractivity contribution in [1.82, 2.24) is 4.57 Å². The van der Waals surface area contributed by atoms with E-state index in [9.17, 15) is 23.3 Å². The van der Waals surface area contributed by atoms with Gasteiger partial charge in [-0.05, 0) is 17.7 Å². The van der Waals surface area contributed by atoms with Crippen molar-refractivity contribution in [2.75, 3.05) is 0 Å². The maximum Gasteiger partial charge on any atom is 0.417 e. The molecular formula is C17H14F3N3O2. The average Bonchev–Trinajstić information content (AvgIpc) is 2.85. The minimum Gasteiger partial charge on any atom is -0.346 e. The summed E-state index contributed by atoms with van der Waals surface area (Å²) < 4.78 is 42.0. The van der Waals surface area contributed by atoms with Crippen molar-refractivity contribution in [1.29, 1.82) is 0 Å². The molecule has 0 fully saturated rings. The van der Waals surface area contributed by atoms with Crippen LogP contribution in [0.5, 0.6) is 0 Å². The van der Waals surface area contributed by atoms with Crippen LogP contribution in [0.15, 0.2) is 42.5 Å². The number of alkyl halides is 3. The molecule has 0 aliphatic rings. The molecule has 0 radical (unpaired) electrons. The van der Waals surface area contributed by atoms with Crippen molar-refractivity contribution >= 4 is 16.6 Å². The third kappa shape index (κ3) is 2.74. The van der Waals surface area contributed by atoms with Gasteiger partial charge in [-0.1, -0.05) is 18.2 Å². The Hall–Kier alpha value is -2.87. The monoisotopic (exact) mass is 349 g/mol. The van der Waals surface area contributed by atoms with Gasteiger partial charge < -0.3 is 10.3 Å². The predicted molar refractivity (Wildman–Crippen MR) is 87.9 cm³/mol. The Kier molecular flexibility index (Phi) is 4.00. The number of hydrogen-bond donors (Lipinski definition) is 1. The summed E-state index contributed by atoms with van der Waals surface area (Å²) in [6.45, 7) is 0.000498. The molecule has 0 bridgehead atoms. The molecule has 0 amide bonds. The minimum absolute atomic E-state index is 0.000498. The van der Waals surface area contributed by atoms with Crippen molar-refractivity contribution in [2.45, 2.75) is 12.7 Å². The van der Waals surface area contributed by atoms with Crippen molar-refractivity contribution < 1.29 is 18.1 Å². The summed E-state index contributed by atoms with van der Waals surface area (Å²) in [5, 5.41) is 11.4. The van der Waals surface area contributed by atoms with E-state index < -0.39 is 16.7 Å². The van der Waals surface area contributed by atoms with E-state index >= 15 is 0 Å². The molecule has 0 aliphatic carbocycles. The largest absolute Gasteiger partial charge is 0.417 e. The number of nitro benzene ring substituents is 1. The van der Waals surface area contributed by atoms with Gasteiger partial charge in [-0.15, -0.1) is 0 Å². The fourth-order valence-electron chi connectivity index (χ4n) is 3.09. The van der Waals surface area contributed by atoms with E-state index in [0.717, 1.165) is 6.07 Å². The molecule has 2 N–H and O–H groups in total. The summed E-state index contributed by atoms with van der Waals surface area (Å²) in [4.78, 5) is 10.5. The summed E-state index contributed by atoms with van der Waals surface area (Å²) in [5.41, 5.74) is 6.08. The number of aryl methyl sites for hydroxylation is 1. The van der Waals surface area contributed by atoms with Gasteiger partial charge >= 0.3 is 6.18 Å². The number of nitro groups is 1. The van der Waals surface area contributed by atoms with Gasteiger partial charge in [0.1, 0.15) is 0 Å². The second-order valence-electron chi connectivity index (χ2n) is 5.59. The maximum atomic E-state index is 13.4. The number of benzene rings is 2. The number of halogens is 3. The van der Waals surface area contributed by atoms with Gasteiger partial charge in [-0.3, -0.25) is 10.1 Å². The van der Waals surface area contributed by atoms with Gasteiger partial charge in [0.2, 0.25) is 0 Å². The van der Waals surface area contributed by atoms with Crippen molar-refractivity contribution in [3.8, 4) is 11.1 Å². The first-order valence-corrected chi connectivity index (χ1v) is 7.38. The normalized spacial score (nSPS) is 11.9. The van der Waals surface area contributed by atoms with E-state index in [1.54, 1.807) is 11.6 Å². The van der Waals surface area contributed by atoms with Crippen LogP contribution < -0.4 is 5.73 Å². The molecule has 1 heterocycles. The minimum atomic E-state index is -4.55. The zero-order valence-electron chi connectivity index (χ0n) is 13.2. The highest BCUT2D eigenvalue weighted by molar-refractivity contribution is 6.00. The molecule has 1 aromatic heterocycles. The number of aromatic nitrogens is 1. The molecular weight excluding hydrogens is 335 g/mol. The SMILES string of the molecule is Cn1c(CN)c(-c2ccccc2C(F)(F)F)c2cc([N+](=O)[O-])ccc21. The van der Waals surface area contributed by atoms with E-state index in [4.69, 9.17) is 5.73 Å². The van der Waals surface area contributed by atoms with Gasteiger partial charge in [0.25, 0.3) is 5.69 Å². The number of non-ortho nitro benzene ring substituents is 1. The van der Waals surface area contributed by atoms with Gasteiger partial charge in [0.05, 0.1) is 10.5 Å². The lowest BCUT2D eigenvalue weighted by molar-refractivity contribution is -0.384. The van der Waals surface area contributed by atoms with E-state index in [-0.39, 0.29) is 23.4 Å². The molecule has 5 nitrogen and oxygen atoms in total. The Bertz CT molecular complexity index is 977. The fraction of sp³-hybridized carbons (Fsp3) is 0.176. The second kappa shape index (κ2) is 5.89. The summed E-state index contributed by atoms with van der Waals surface area (Å²) in [5.74, 6) is 0. The maximum absolute atomic E-state index is 13.4. The Morgan fingerprint density at radius 2 is 1.88 bits per heavy atom. The van der Waals surface area contributed by atoms with Crippen molar-refractivity contribution in [3.05, 3.63) is 63.8 Å². The zero-order chi connectivity index (χ0) is 18.4. The third-order valence-corrected chi connectivity index (χ3v) is 4.21. The van der Waals surface area contributed by atoms with Gasteiger partial charge in [0, 0.05) is 47.9 Å². The van der Waals surface area contributed by atoms with E-state index in [0.29, 0.717) is 16.6 Å². The lowest BCUT2D eigenvalue weighted by Gasteiger charge is -2.14. The predicted octanol–water partition coefficient (Wildman–Crippen LogP) is 4.23. The number of nitrogens with two attached hydrogens (primary N) is 1. The number of rotatable bonds is 3. The van der Waals surface area contributed by atoms with Crippen LogP contribution in [0.2, 0.25) is 0 Å². The summed E-state index contributed by atoms with van der Waals surface area (Å²) in [7, 11) is 1.68. The number of hydrogen-bond acceptors (Lipinski definition) is 3. The Labute approximate surface area is 140 Å². The molecule has 25 heavy (non-hydrogen) atoms. The first kappa shape index (κ1) is 17.0. The van der Waals surface area contributed by atoms with Crippen molar-refractivity contribution in [3.63, 3.8) is 0 Å². The topological polar surface area (TPSA) is 74.1 Å². The molecule has 0 saturated carbocycles. The molecule has 0 spiro atoms. The van der Waals surface area contributed by atoms with Crippen LogP contribution in [-0.4, -0.2) is 9.49 Å². The Morgan fingerprint density at radius 1 is 1.20 bits per heavy atom. The lowest BCUT2D eigenvalue weighted by atomic mass is 9.96. The summed E-state index contributed by atoms with van der Waals surface area (Å²) >= 11 is 0. The molecule has 0 saturated heterocycles.